The van der Waals surface area contributed by atoms with Gasteiger partial charge >= 0.3 is 0 Å². The molecule has 2 heterocycles. The topological polar surface area (TPSA) is 54.9 Å². The average Bonchev–Trinajstić information content (AvgIpc) is 3.18. The van der Waals surface area contributed by atoms with Crippen LogP contribution in [-0.2, 0) is 28.0 Å². The number of rotatable bonds is 9. The highest BCUT2D eigenvalue weighted by molar-refractivity contribution is 7.09. The van der Waals surface area contributed by atoms with Crippen LogP contribution in [0, 0.1) is 0 Å². The Bertz CT molecular complexity index is 823. The SMILES string of the molecule is CN(Cc1csc(CN2CCOCC2)n1)C(=O)CCCOc1ccc(C(C)(C)C)cc1. The number of hydrogen-bond acceptors (Lipinski definition) is 6. The number of thiazole rings is 1. The van der Waals surface area contributed by atoms with Crippen LogP contribution in [0.1, 0.15) is 49.9 Å². The largest absolute Gasteiger partial charge is 0.494 e. The third-order valence-electron chi connectivity index (χ3n) is 5.41. The van der Waals surface area contributed by atoms with E-state index in [0.29, 0.717) is 26.0 Å². The van der Waals surface area contributed by atoms with Crippen molar-refractivity contribution in [1.82, 2.24) is 14.8 Å². The normalized spacial score (nSPS) is 15.1. The van der Waals surface area contributed by atoms with Crippen molar-refractivity contribution < 1.29 is 14.3 Å². The lowest BCUT2D eigenvalue weighted by Crippen LogP contribution is -2.35. The van der Waals surface area contributed by atoms with Gasteiger partial charge in [-0.15, -0.1) is 11.3 Å². The molecule has 1 fully saturated rings. The fourth-order valence-corrected chi connectivity index (χ4v) is 4.26. The van der Waals surface area contributed by atoms with Crippen LogP contribution < -0.4 is 4.74 Å². The van der Waals surface area contributed by atoms with E-state index in [1.807, 2.05) is 19.2 Å². The molecule has 31 heavy (non-hydrogen) atoms. The third kappa shape index (κ3) is 7.59. The van der Waals surface area contributed by atoms with Crippen LogP contribution in [0.4, 0.5) is 0 Å². The number of aromatic nitrogens is 1. The Balaban J connectivity index is 1.36. The molecule has 0 spiro atoms. The molecule has 170 valence electrons. The quantitative estimate of drug-likeness (QED) is 0.544. The van der Waals surface area contributed by atoms with Crippen LogP contribution in [0.3, 0.4) is 0 Å². The second-order valence-corrected chi connectivity index (χ2v) is 10.0. The van der Waals surface area contributed by atoms with E-state index in [1.165, 1.54) is 5.56 Å². The Morgan fingerprint density at radius 1 is 1.23 bits per heavy atom. The highest BCUT2D eigenvalue weighted by Crippen LogP contribution is 2.24. The fourth-order valence-electron chi connectivity index (χ4n) is 3.43. The Kier molecular flexibility index (Phi) is 8.46. The molecule has 1 amide bonds. The van der Waals surface area contributed by atoms with Crippen LogP contribution in [0.25, 0.3) is 0 Å². The van der Waals surface area contributed by atoms with Crippen molar-refractivity contribution in [2.75, 3.05) is 40.0 Å². The van der Waals surface area contributed by atoms with Crippen LogP contribution in [0.2, 0.25) is 0 Å². The van der Waals surface area contributed by atoms with Gasteiger partial charge in [0, 0.05) is 31.9 Å². The van der Waals surface area contributed by atoms with Crippen molar-refractivity contribution in [2.24, 2.45) is 0 Å². The summed E-state index contributed by atoms with van der Waals surface area (Å²) >= 11 is 1.67. The molecule has 0 unspecified atom stereocenters. The molecule has 3 rings (SSSR count). The van der Waals surface area contributed by atoms with Crippen LogP contribution in [0.5, 0.6) is 5.75 Å². The molecule has 1 aliphatic heterocycles. The van der Waals surface area contributed by atoms with Crippen molar-refractivity contribution in [1.29, 1.82) is 0 Å². The summed E-state index contributed by atoms with van der Waals surface area (Å²) in [4.78, 5) is 21.3. The summed E-state index contributed by atoms with van der Waals surface area (Å²) < 4.78 is 11.2. The van der Waals surface area contributed by atoms with Crippen LogP contribution >= 0.6 is 11.3 Å². The summed E-state index contributed by atoms with van der Waals surface area (Å²) in [7, 11) is 1.84. The molecule has 1 saturated heterocycles. The number of carbonyl (C=O) groups is 1. The van der Waals surface area contributed by atoms with Gasteiger partial charge in [-0.3, -0.25) is 9.69 Å². The van der Waals surface area contributed by atoms with Crippen molar-refractivity contribution in [2.45, 2.75) is 52.1 Å². The predicted molar refractivity (Wildman–Crippen MR) is 125 cm³/mol. The molecular formula is C24H35N3O3S. The Hall–Kier alpha value is -1.96. The molecule has 0 bridgehead atoms. The first-order chi connectivity index (χ1) is 14.8. The van der Waals surface area contributed by atoms with E-state index >= 15 is 0 Å². The zero-order valence-electron chi connectivity index (χ0n) is 19.2. The predicted octanol–water partition coefficient (Wildman–Crippen LogP) is 4.09. The third-order valence-corrected chi connectivity index (χ3v) is 6.29. The average molecular weight is 446 g/mol. The number of morpholine rings is 1. The fraction of sp³-hybridized carbons (Fsp3) is 0.583. The maximum absolute atomic E-state index is 12.5. The molecule has 0 aliphatic carbocycles. The van der Waals surface area contributed by atoms with E-state index in [4.69, 9.17) is 14.5 Å². The molecule has 0 saturated carbocycles. The summed E-state index contributed by atoms with van der Waals surface area (Å²) in [5.74, 6) is 0.971. The number of carbonyl (C=O) groups excluding carboxylic acids is 1. The number of nitrogens with zero attached hydrogens (tertiary/aromatic N) is 3. The van der Waals surface area contributed by atoms with E-state index in [1.54, 1.807) is 16.2 Å². The van der Waals surface area contributed by atoms with Gasteiger partial charge in [0.1, 0.15) is 10.8 Å². The summed E-state index contributed by atoms with van der Waals surface area (Å²) in [6.45, 7) is 12.0. The molecule has 1 aromatic heterocycles. The lowest BCUT2D eigenvalue weighted by atomic mass is 9.87. The minimum Gasteiger partial charge on any atom is -0.494 e. The zero-order valence-corrected chi connectivity index (χ0v) is 20.0. The van der Waals surface area contributed by atoms with Crippen molar-refractivity contribution in [3.63, 3.8) is 0 Å². The second kappa shape index (κ2) is 11.1. The van der Waals surface area contributed by atoms with Gasteiger partial charge in [0.25, 0.3) is 0 Å². The molecule has 0 radical (unpaired) electrons. The van der Waals surface area contributed by atoms with E-state index < -0.39 is 0 Å². The van der Waals surface area contributed by atoms with Gasteiger partial charge in [-0.25, -0.2) is 4.98 Å². The minimum absolute atomic E-state index is 0.120. The van der Waals surface area contributed by atoms with E-state index in [-0.39, 0.29) is 11.3 Å². The van der Waals surface area contributed by atoms with Gasteiger partial charge in [-0.2, -0.15) is 0 Å². The number of hydrogen-bond donors (Lipinski definition) is 0. The van der Waals surface area contributed by atoms with Crippen molar-refractivity contribution >= 4 is 17.2 Å². The van der Waals surface area contributed by atoms with Gasteiger partial charge in [-0.1, -0.05) is 32.9 Å². The summed E-state index contributed by atoms with van der Waals surface area (Å²) in [5.41, 5.74) is 2.38. The van der Waals surface area contributed by atoms with E-state index in [2.05, 4.69) is 43.2 Å². The Labute approximate surface area is 190 Å². The van der Waals surface area contributed by atoms with Crippen LogP contribution in [0.15, 0.2) is 29.6 Å². The van der Waals surface area contributed by atoms with E-state index in [9.17, 15) is 4.79 Å². The molecule has 1 aliphatic rings. The summed E-state index contributed by atoms with van der Waals surface area (Å²) in [5, 5.41) is 3.16. The highest BCUT2D eigenvalue weighted by atomic mass is 32.1. The van der Waals surface area contributed by atoms with Gasteiger partial charge in [0.05, 0.1) is 38.6 Å². The maximum Gasteiger partial charge on any atom is 0.222 e. The van der Waals surface area contributed by atoms with Gasteiger partial charge in [0.2, 0.25) is 5.91 Å². The lowest BCUT2D eigenvalue weighted by Gasteiger charge is -2.25. The zero-order chi connectivity index (χ0) is 22.3. The lowest BCUT2D eigenvalue weighted by molar-refractivity contribution is -0.130. The molecule has 1 aromatic carbocycles. The molecular weight excluding hydrogens is 410 g/mol. The standard InChI is InChI=1S/C24H35N3O3S/c1-24(2,3)19-7-9-21(10-8-19)30-13-5-6-23(28)26(4)16-20-18-31-22(25-20)17-27-11-14-29-15-12-27/h7-10,18H,5-6,11-17H2,1-4H3. The minimum atomic E-state index is 0.120. The number of ether oxygens (including phenoxy) is 2. The van der Waals surface area contributed by atoms with E-state index in [0.717, 1.165) is 49.3 Å². The van der Waals surface area contributed by atoms with Crippen molar-refractivity contribution in [3.8, 4) is 5.75 Å². The van der Waals surface area contributed by atoms with Gasteiger partial charge in [-0.05, 0) is 29.5 Å². The monoisotopic (exact) mass is 445 g/mol. The first-order valence-corrected chi connectivity index (χ1v) is 11.9. The molecule has 0 atom stereocenters. The number of benzene rings is 1. The summed E-state index contributed by atoms with van der Waals surface area (Å²) in [6.07, 6.45) is 1.17. The number of amides is 1. The molecule has 2 aromatic rings. The van der Waals surface area contributed by atoms with Gasteiger partial charge < -0.3 is 14.4 Å². The van der Waals surface area contributed by atoms with Crippen molar-refractivity contribution in [3.05, 3.63) is 45.9 Å². The summed E-state index contributed by atoms with van der Waals surface area (Å²) in [6, 6.07) is 8.22. The van der Waals surface area contributed by atoms with Gasteiger partial charge in [0.15, 0.2) is 0 Å². The first-order valence-electron chi connectivity index (χ1n) is 11.0. The second-order valence-electron chi connectivity index (χ2n) is 9.10. The first kappa shape index (κ1) is 23.7. The maximum atomic E-state index is 12.5. The Morgan fingerprint density at radius 3 is 2.61 bits per heavy atom. The molecule has 7 heteroatoms. The smallest absolute Gasteiger partial charge is 0.222 e. The highest BCUT2D eigenvalue weighted by Gasteiger charge is 2.15. The molecule has 0 N–H and O–H groups in total. The Morgan fingerprint density at radius 2 is 1.94 bits per heavy atom. The molecule has 6 nitrogen and oxygen atoms in total. The van der Waals surface area contributed by atoms with Crippen LogP contribution in [-0.4, -0.2) is 60.6 Å².